The van der Waals surface area contributed by atoms with E-state index >= 15 is 0 Å². The molecule has 0 saturated heterocycles. The van der Waals surface area contributed by atoms with Crippen LogP contribution in [0.5, 0.6) is 0 Å². The Bertz CT molecular complexity index is 214. The van der Waals surface area contributed by atoms with Crippen molar-refractivity contribution in [1.29, 1.82) is 0 Å². The third-order valence-electron chi connectivity index (χ3n) is 0. The van der Waals surface area contributed by atoms with E-state index in [0.29, 0.717) is 0 Å². The van der Waals surface area contributed by atoms with Crippen LogP contribution in [0.1, 0.15) is 0 Å². The smallest absolute Gasteiger partial charge is 0.871 e. The molecule has 0 aromatic carbocycles. The van der Waals surface area contributed by atoms with Gasteiger partial charge in [-0.25, -0.2) is 0 Å². The van der Waals surface area contributed by atoms with E-state index in [1.807, 2.05) is 0 Å². The second-order valence-corrected chi connectivity index (χ2v) is 3.77. The van der Waals surface area contributed by atoms with Gasteiger partial charge in [-0.3, -0.25) is 0 Å². The van der Waals surface area contributed by atoms with Crippen molar-refractivity contribution >= 4 is 80.5 Å². The summed E-state index contributed by atoms with van der Waals surface area (Å²) < 4.78 is 0. The van der Waals surface area contributed by atoms with Crippen LogP contribution in [0.25, 0.3) is 0 Å². The van der Waals surface area contributed by atoms with Crippen molar-refractivity contribution in [1.82, 2.24) is 0 Å². The summed E-state index contributed by atoms with van der Waals surface area (Å²) in [6.07, 6.45) is 0. The first-order valence-corrected chi connectivity index (χ1v) is 8.48. The van der Waals surface area contributed by atoms with Gasteiger partial charge in [-0.1, -0.05) is 0 Å². The second-order valence-electron chi connectivity index (χ2n) is 3.77. The molecule has 0 aromatic rings. The van der Waals surface area contributed by atoms with E-state index in [-0.39, 0.29) is 59.1 Å². The van der Waals surface area contributed by atoms with Crippen LogP contribution >= 0.6 is 0 Å². The number of rotatable bonds is 0. The maximum Gasteiger partial charge on any atom is 1.00 e. The van der Waals surface area contributed by atoms with Gasteiger partial charge in [0, 0.05) is 0 Å². The van der Waals surface area contributed by atoms with Crippen LogP contribution in [-0.2, 0) is 0 Å². The van der Waals surface area contributed by atoms with Gasteiger partial charge in [-0.05, 0) is 0 Å². The molecule has 0 aromatic heterocycles. The van der Waals surface area contributed by atoms with Gasteiger partial charge in [-0.15, -0.1) is 0 Å². The van der Waals surface area contributed by atoms with Crippen LogP contribution in [0.2, 0.25) is 0 Å². The molecule has 264 valence electrons. The molecule has 33 nitrogen and oxygen atoms in total. The molecule has 0 aliphatic heterocycles. The average molecular weight is 724 g/mol. The van der Waals surface area contributed by atoms with Gasteiger partial charge in [0.1, 0.15) is 0 Å². The van der Waals surface area contributed by atoms with Crippen LogP contribution < -0.4 is 69.2 Å². The summed E-state index contributed by atoms with van der Waals surface area (Å²) in [6, 6.07) is 0. The van der Waals surface area contributed by atoms with Gasteiger partial charge in [0.25, 0.3) is 0 Å². The zero-order valence-corrected chi connectivity index (χ0v) is 27.0. The topological polar surface area (TPSA) is 673 Å². The molecular weight excluding hydrogens is 693 g/mol. The molecule has 0 atom stereocenters. The predicted molar refractivity (Wildman–Crippen MR) is 132 cm³/mol. The second kappa shape index (κ2) is 80.8. The summed E-state index contributed by atoms with van der Waals surface area (Å²) in [5.41, 5.74) is 0. The van der Waals surface area contributed by atoms with Crippen molar-refractivity contribution in [2.75, 3.05) is 0 Å². The molecule has 0 saturated carbocycles. The Morgan fingerprint density at radius 1 is 0.174 bits per heavy atom. The quantitative estimate of drug-likeness (QED) is 0.103. The van der Waals surface area contributed by atoms with Crippen molar-refractivity contribution in [2.24, 2.45) is 0 Å². The molecular formula is H31B11Na2O33. The van der Waals surface area contributed by atoms with Gasteiger partial charge >= 0.3 is 132 Å². The molecule has 0 rings (SSSR count). The Hall–Kier alpha value is 1.39. The van der Waals surface area contributed by atoms with Crippen LogP contribution in [0, 0.1) is 0 Å². The first-order chi connectivity index (χ1) is 19.1. The first kappa shape index (κ1) is 86.2. The Morgan fingerprint density at radius 3 is 0.174 bits per heavy atom. The fourth-order valence-electron chi connectivity index (χ4n) is 0. The fourth-order valence-corrected chi connectivity index (χ4v) is 0. The maximum atomic E-state index is 8.53. The van der Waals surface area contributed by atoms with Gasteiger partial charge < -0.3 is 166 Å². The largest absolute Gasteiger partial charge is 1.00 e. The molecule has 46 heteroatoms. The summed E-state index contributed by atoms with van der Waals surface area (Å²) in [5, 5.41) is 239. The normalized spacial score (nSPS) is 6.46. The summed E-state index contributed by atoms with van der Waals surface area (Å²) in [7, 11) is -24.3. The SMILES string of the molecule is OB(O)O.OB(O)O.OB(O)O.OB(O)O.OB(O)O.OB(O)O.OB(O)O.OB(O)O.OB(O)O.OB(O)O.[Na+].[Na+].[O-]B([O-])O. The van der Waals surface area contributed by atoms with Crippen molar-refractivity contribution in [2.45, 2.75) is 0 Å². The van der Waals surface area contributed by atoms with Crippen LogP contribution in [0.4, 0.5) is 0 Å². The van der Waals surface area contributed by atoms with Crippen LogP contribution in [-0.4, -0.2) is 236 Å². The molecule has 0 aliphatic rings. The Labute approximate surface area is 304 Å². The minimum absolute atomic E-state index is 0. The maximum absolute atomic E-state index is 8.53. The monoisotopic (exact) mass is 726 g/mol. The number of hydrogen-bond donors (Lipinski definition) is 31. The standard InChI is InChI=1S/10BH3O3.BHO3.2Na/c11*2-1(3)4;;/h10*2-4H;2H;;/q;;;;;;;;;;-2;2*+1. The van der Waals surface area contributed by atoms with E-state index in [4.69, 9.17) is 166 Å². The molecule has 0 aliphatic carbocycles. The van der Waals surface area contributed by atoms with E-state index in [1.165, 1.54) is 0 Å². The predicted octanol–water partition coefficient (Wildman–Crippen LogP) is -29.8. The van der Waals surface area contributed by atoms with Crippen LogP contribution in [0.3, 0.4) is 0 Å². The van der Waals surface area contributed by atoms with Gasteiger partial charge in [-0.2, -0.15) is 0 Å². The average Bonchev–Trinajstić information content (AvgIpc) is 2.55. The Kier molecular flexibility index (Phi) is 152. The molecule has 0 heterocycles. The fraction of sp³-hybridized carbons (Fsp3) is 0. The number of hydrogen-bond acceptors (Lipinski definition) is 33. The molecule has 31 N–H and O–H groups in total. The van der Waals surface area contributed by atoms with Crippen molar-refractivity contribution in [3.05, 3.63) is 0 Å². The molecule has 0 unspecified atom stereocenters. The molecule has 0 bridgehead atoms. The van der Waals surface area contributed by atoms with Gasteiger partial charge in [0.2, 0.25) is 0 Å². The Morgan fingerprint density at radius 2 is 0.174 bits per heavy atom. The van der Waals surface area contributed by atoms with E-state index in [0.717, 1.165) is 0 Å². The minimum atomic E-state index is -2.67. The zero-order valence-electron chi connectivity index (χ0n) is 23.0. The van der Waals surface area contributed by atoms with Crippen molar-refractivity contribution in [3.8, 4) is 0 Å². The van der Waals surface area contributed by atoms with Crippen LogP contribution in [0.15, 0.2) is 0 Å². The molecule has 0 fully saturated rings. The summed E-state index contributed by atoms with van der Waals surface area (Å²) >= 11 is 0. The van der Waals surface area contributed by atoms with E-state index in [1.54, 1.807) is 0 Å². The van der Waals surface area contributed by atoms with E-state index in [2.05, 4.69) is 0 Å². The molecule has 0 spiro atoms. The third kappa shape index (κ3) is 46000. The Balaban J connectivity index is -0.0000000236. The van der Waals surface area contributed by atoms with Gasteiger partial charge in [0.15, 0.2) is 0 Å². The molecule has 0 amide bonds. The van der Waals surface area contributed by atoms with Crippen molar-refractivity contribution in [3.63, 3.8) is 0 Å². The first-order valence-electron chi connectivity index (χ1n) is 8.48. The van der Waals surface area contributed by atoms with Gasteiger partial charge in [0.05, 0.1) is 7.32 Å². The van der Waals surface area contributed by atoms with Crippen molar-refractivity contribution < 1.29 is 225 Å². The molecule has 46 heavy (non-hydrogen) atoms. The minimum Gasteiger partial charge on any atom is -0.871 e. The summed E-state index contributed by atoms with van der Waals surface area (Å²) in [5.74, 6) is 0. The zero-order chi connectivity index (χ0) is 39.4. The summed E-state index contributed by atoms with van der Waals surface area (Å²) in [4.78, 5) is 0. The summed E-state index contributed by atoms with van der Waals surface area (Å²) in [6.45, 7) is 0. The molecule has 0 radical (unpaired) electrons. The van der Waals surface area contributed by atoms with E-state index in [9.17, 15) is 0 Å². The third-order valence-corrected chi connectivity index (χ3v) is 0. The van der Waals surface area contributed by atoms with E-state index < -0.39 is 80.5 Å².